The number of aromatic amines is 1. The number of hydrogen-bond acceptors (Lipinski definition) is 6. The molecular formula is C17H15N5O2. The number of H-pyrrole nitrogens is 1. The predicted molar refractivity (Wildman–Crippen MR) is 92.3 cm³/mol. The maximum atomic E-state index is 12.1. The van der Waals surface area contributed by atoms with Gasteiger partial charge in [0.1, 0.15) is 5.75 Å². The first kappa shape index (κ1) is 15.4. The smallest absolute Gasteiger partial charge is 0.279 e. The zero-order chi connectivity index (χ0) is 16.8. The minimum atomic E-state index is -0.335. The number of ether oxygens (including phenoxy) is 1. The van der Waals surface area contributed by atoms with E-state index in [1.54, 1.807) is 25.5 Å². The number of hydrogen-bond donors (Lipinski definition) is 2. The van der Waals surface area contributed by atoms with Crippen LogP contribution in [0.1, 0.15) is 5.56 Å². The third-order valence-corrected chi connectivity index (χ3v) is 3.24. The van der Waals surface area contributed by atoms with Crippen LogP contribution in [0.2, 0.25) is 0 Å². The summed E-state index contributed by atoms with van der Waals surface area (Å²) < 4.78 is 5.09. The van der Waals surface area contributed by atoms with Gasteiger partial charge in [-0.05, 0) is 29.8 Å². The summed E-state index contributed by atoms with van der Waals surface area (Å²) in [6.45, 7) is 0. The summed E-state index contributed by atoms with van der Waals surface area (Å²) in [6, 6.07) is 16.5. The summed E-state index contributed by atoms with van der Waals surface area (Å²) >= 11 is 0. The molecule has 7 nitrogen and oxygen atoms in total. The van der Waals surface area contributed by atoms with Crippen molar-refractivity contribution in [3.05, 3.63) is 70.5 Å². The molecule has 0 saturated heterocycles. The van der Waals surface area contributed by atoms with Crippen LogP contribution in [-0.4, -0.2) is 28.5 Å². The number of nitrogens with zero attached hydrogens (tertiary/aromatic N) is 3. The molecule has 2 aromatic carbocycles. The van der Waals surface area contributed by atoms with Gasteiger partial charge in [-0.25, -0.2) is 5.43 Å². The fourth-order valence-corrected chi connectivity index (χ4v) is 2.03. The molecule has 1 heterocycles. The van der Waals surface area contributed by atoms with Gasteiger partial charge in [0, 0.05) is 5.56 Å². The first-order valence-corrected chi connectivity index (χ1v) is 7.22. The summed E-state index contributed by atoms with van der Waals surface area (Å²) in [7, 11) is 1.61. The van der Waals surface area contributed by atoms with Crippen LogP contribution >= 0.6 is 0 Å². The van der Waals surface area contributed by atoms with E-state index in [-0.39, 0.29) is 17.2 Å². The van der Waals surface area contributed by atoms with E-state index in [1.807, 2.05) is 42.5 Å². The van der Waals surface area contributed by atoms with E-state index in [1.165, 1.54) is 0 Å². The van der Waals surface area contributed by atoms with Gasteiger partial charge < -0.3 is 4.74 Å². The van der Waals surface area contributed by atoms with Gasteiger partial charge in [0.05, 0.1) is 13.3 Å². The first-order chi connectivity index (χ1) is 11.8. The number of methoxy groups -OCH3 is 1. The van der Waals surface area contributed by atoms with Crippen LogP contribution in [0.3, 0.4) is 0 Å². The van der Waals surface area contributed by atoms with Crippen LogP contribution < -0.4 is 15.7 Å². The molecule has 0 aliphatic heterocycles. The molecule has 0 unspecified atom stereocenters. The molecule has 3 rings (SSSR count). The predicted octanol–water partition coefficient (Wildman–Crippen LogP) is 2.29. The maximum absolute atomic E-state index is 12.1. The summed E-state index contributed by atoms with van der Waals surface area (Å²) in [4.78, 5) is 14.7. The van der Waals surface area contributed by atoms with Gasteiger partial charge in [-0.3, -0.25) is 9.78 Å². The Kier molecular flexibility index (Phi) is 4.62. The average molecular weight is 321 g/mol. The Morgan fingerprint density at radius 3 is 2.50 bits per heavy atom. The van der Waals surface area contributed by atoms with Crippen molar-refractivity contribution in [2.24, 2.45) is 5.10 Å². The molecule has 0 spiro atoms. The molecule has 0 saturated carbocycles. The summed E-state index contributed by atoms with van der Waals surface area (Å²) in [6.07, 6.45) is 1.60. The van der Waals surface area contributed by atoms with Crippen molar-refractivity contribution in [1.29, 1.82) is 0 Å². The number of aromatic nitrogens is 3. The first-order valence-electron chi connectivity index (χ1n) is 7.22. The van der Waals surface area contributed by atoms with Gasteiger partial charge in [0.25, 0.3) is 5.56 Å². The fourth-order valence-electron chi connectivity index (χ4n) is 2.03. The maximum Gasteiger partial charge on any atom is 0.279 e. The SMILES string of the molecule is COc1ccc(/C=N/Nc2nnc(-c3ccccc3)c(=O)[nH]2)cc1. The lowest BCUT2D eigenvalue weighted by atomic mass is 10.2. The zero-order valence-corrected chi connectivity index (χ0v) is 12.9. The van der Waals surface area contributed by atoms with Crippen molar-refractivity contribution >= 4 is 12.2 Å². The van der Waals surface area contributed by atoms with Gasteiger partial charge in [0.2, 0.25) is 5.95 Å². The number of benzene rings is 2. The highest BCUT2D eigenvalue weighted by Gasteiger charge is 2.06. The van der Waals surface area contributed by atoms with Crippen LogP contribution in [0.25, 0.3) is 11.3 Å². The highest BCUT2D eigenvalue weighted by Crippen LogP contribution is 2.11. The molecule has 24 heavy (non-hydrogen) atoms. The lowest BCUT2D eigenvalue weighted by molar-refractivity contribution is 0.415. The molecule has 1 aromatic heterocycles. The minimum Gasteiger partial charge on any atom is -0.497 e. The Morgan fingerprint density at radius 2 is 1.83 bits per heavy atom. The standard InChI is InChI=1S/C17H15N5O2/c1-24-14-9-7-12(8-10-14)11-18-21-17-19-16(23)15(20-22-17)13-5-3-2-4-6-13/h2-11H,1H3,(H2,19,21,22,23)/b18-11+. The van der Waals surface area contributed by atoms with Gasteiger partial charge in [-0.15, -0.1) is 10.2 Å². The fraction of sp³-hybridized carbons (Fsp3) is 0.0588. The molecule has 0 bridgehead atoms. The third kappa shape index (κ3) is 3.64. The van der Waals surface area contributed by atoms with Crippen LogP contribution in [0.4, 0.5) is 5.95 Å². The van der Waals surface area contributed by atoms with E-state index in [0.29, 0.717) is 5.56 Å². The Hall–Kier alpha value is -3.48. The van der Waals surface area contributed by atoms with Crippen LogP contribution in [0.15, 0.2) is 64.5 Å². The number of anilines is 1. The van der Waals surface area contributed by atoms with E-state index in [2.05, 4.69) is 25.7 Å². The van der Waals surface area contributed by atoms with Crippen molar-refractivity contribution < 1.29 is 4.74 Å². The van der Waals surface area contributed by atoms with Crippen LogP contribution in [0.5, 0.6) is 5.75 Å². The molecule has 0 aliphatic carbocycles. The molecule has 0 amide bonds. The van der Waals surface area contributed by atoms with E-state index in [4.69, 9.17) is 4.74 Å². The number of hydrazone groups is 1. The molecule has 0 radical (unpaired) electrons. The molecule has 2 N–H and O–H groups in total. The van der Waals surface area contributed by atoms with Gasteiger partial charge >= 0.3 is 0 Å². The van der Waals surface area contributed by atoms with Crippen LogP contribution in [-0.2, 0) is 0 Å². The summed E-state index contributed by atoms with van der Waals surface area (Å²) in [5, 5.41) is 11.9. The summed E-state index contributed by atoms with van der Waals surface area (Å²) in [5.41, 5.74) is 4.16. The number of nitrogens with one attached hydrogen (secondary N) is 2. The van der Waals surface area contributed by atoms with E-state index >= 15 is 0 Å². The molecule has 120 valence electrons. The third-order valence-electron chi connectivity index (χ3n) is 3.24. The van der Waals surface area contributed by atoms with Crippen LogP contribution in [0, 0.1) is 0 Å². The van der Waals surface area contributed by atoms with Gasteiger partial charge in [-0.1, -0.05) is 30.3 Å². The topological polar surface area (TPSA) is 92.3 Å². The largest absolute Gasteiger partial charge is 0.497 e. The highest BCUT2D eigenvalue weighted by molar-refractivity contribution is 5.80. The summed E-state index contributed by atoms with van der Waals surface area (Å²) in [5.74, 6) is 0.941. The second-order valence-electron chi connectivity index (χ2n) is 4.86. The molecule has 7 heteroatoms. The lowest BCUT2D eigenvalue weighted by Gasteiger charge is -2.01. The average Bonchev–Trinajstić information content (AvgIpc) is 2.63. The lowest BCUT2D eigenvalue weighted by Crippen LogP contribution is -2.15. The molecule has 3 aromatic rings. The Labute approximate surface area is 138 Å². The van der Waals surface area contributed by atoms with Crippen molar-refractivity contribution in [3.8, 4) is 17.0 Å². The molecule has 0 aliphatic rings. The highest BCUT2D eigenvalue weighted by atomic mass is 16.5. The molecule has 0 atom stereocenters. The van der Waals surface area contributed by atoms with Gasteiger partial charge in [-0.2, -0.15) is 5.10 Å². The molecular weight excluding hydrogens is 306 g/mol. The minimum absolute atomic E-state index is 0.171. The van der Waals surface area contributed by atoms with E-state index in [0.717, 1.165) is 11.3 Å². The van der Waals surface area contributed by atoms with Crippen molar-refractivity contribution in [3.63, 3.8) is 0 Å². The molecule has 0 fully saturated rings. The normalized spacial score (nSPS) is 10.7. The van der Waals surface area contributed by atoms with Crippen molar-refractivity contribution in [2.75, 3.05) is 12.5 Å². The second kappa shape index (κ2) is 7.19. The van der Waals surface area contributed by atoms with Crippen molar-refractivity contribution in [1.82, 2.24) is 15.2 Å². The Balaban J connectivity index is 1.70. The quantitative estimate of drug-likeness (QED) is 0.555. The monoisotopic (exact) mass is 321 g/mol. The van der Waals surface area contributed by atoms with E-state index < -0.39 is 0 Å². The van der Waals surface area contributed by atoms with E-state index in [9.17, 15) is 4.79 Å². The second-order valence-corrected chi connectivity index (χ2v) is 4.86. The Bertz CT molecular complexity index is 889. The Morgan fingerprint density at radius 1 is 1.08 bits per heavy atom. The zero-order valence-electron chi connectivity index (χ0n) is 12.9. The van der Waals surface area contributed by atoms with Crippen molar-refractivity contribution in [2.45, 2.75) is 0 Å². The number of rotatable bonds is 5. The van der Waals surface area contributed by atoms with Gasteiger partial charge in [0.15, 0.2) is 5.69 Å².